The number of aromatic amines is 1. The maximum atomic E-state index is 12.9. The predicted molar refractivity (Wildman–Crippen MR) is 53.3 cm³/mol. The second-order valence-corrected chi connectivity index (χ2v) is 3.28. The highest BCUT2D eigenvalue weighted by Gasteiger charge is 2.10. The van der Waals surface area contributed by atoms with E-state index in [9.17, 15) is 19.2 Å². The van der Waals surface area contributed by atoms with Crippen LogP contribution in [0.1, 0.15) is 5.56 Å². The lowest BCUT2D eigenvalue weighted by molar-refractivity contribution is -0.578. The molecule has 0 fully saturated rings. The van der Waals surface area contributed by atoms with E-state index in [1.807, 2.05) is 0 Å². The molecule has 0 aliphatic carbocycles. The number of carbonyl (C=O) groups excluding carboxylic acids is 1. The SMILES string of the molecule is O=CCc1cc2c(cc(F)c[n+]2[O-])[nH]c1=O. The van der Waals surface area contributed by atoms with E-state index in [-0.39, 0.29) is 23.0 Å². The number of carbonyl (C=O) groups is 1. The molecule has 0 atom stereocenters. The van der Waals surface area contributed by atoms with Gasteiger partial charge in [-0.25, -0.2) is 4.39 Å². The molecule has 1 N–H and O–H groups in total. The molecule has 0 aromatic carbocycles. The van der Waals surface area contributed by atoms with Gasteiger partial charge in [-0.2, -0.15) is 4.73 Å². The van der Waals surface area contributed by atoms with E-state index in [0.29, 0.717) is 11.0 Å². The van der Waals surface area contributed by atoms with Gasteiger partial charge in [0.1, 0.15) is 11.8 Å². The van der Waals surface area contributed by atoms with Crippen molar-refractivity contribution in [3.05, 3.63) is 45.3 Å². The fourth-order valence-corrected chi connectivity index (χ4v) is 1.47. The van der Waals surface area contributed by atoms with E-state index in [1.54, 1.807) is 0 Å². The van der Waals surface area contributed by atoms with Gasteiger partial charge < -0.3 is 15.0 Å². The normalized spacial score (nSPS) is 10.6. The first-order valence-electron chi connectivity index (χ1n) is 4.50. The Hall–Kier alpha value is -2.24. The highest BCUT2D eigenvalue weighted by atomic mass is 19.1. The molecular weight excluding hydrogens is 215 g/mol. The Morgan fingerprint density at radius 3 is 2.94 bits per heavy atom. The minimum Gasteiger partial charge on any atom is -0.618 e. The molecule has 2 aromatic rings. The summed E-state index contributed by atoms with van der Waals surface area (Å²) in [7, 11) is 0. The lowest BCUT2D eigenvalue weighted by atomic mass is 10.2. The molecule has 0 unspecified atom stereocenters. The standard InChI is InChI=1S/C10H7FN2O3/c11-7-4-8-9(13(16)5-7)3-6(1-2-14)10(15)12-8/h2-5H,1H2,(H,12,15). The minimum absolute atomic E-state index is 0.0807. The van der Waals surface area contributed by atoms with E-state index in [0.717, 1.165) is 12.3 Å². The molecule has 0 saturated heterocycles. The number of aldehydes is 1. The smallest absolute Gasteiger partial charge is 0.252 e. The fraction of sp³-hybridized carbons (Fsp3) is 0.100. The van der Waals surface area contributed by atoms with Crippen molar-refractivity contribution in [3.8, 4) is 0 Å². The van der Waals surface area contributed by atoms with Gasteiger partial charge >= 0.3 is 0 Å². The van der Waals surface area contributed by atoms with Crippen LogP contribution in [0.5, 0.6) is 0 Å². The Labute approximate surface area is 88.7 Å². The third kappa shape index (κ3) is 1.65. The van der Waals surface area contributed by atoms with E-state index in [2.05, 4.69) is 4.98 Å². The van der Waals surface area contributed by atoms with Crippen LogP contribution in [-0.4, -0.2) is 11.3 Å². The van der Waals surface area contributed by atoms with Gasteiger partial charge in [-0.15, -0.1) is 0 Å². The van der Waals surface area contributed by atoms with Crippen LogP contribution in [-0.2, 0) is 11.2 Å². The summed E-state index contributed by atoms with van der Waals surface area (Å²) < 4.78 is 13.2. The monoisotopic (exact) mass is 222 g/mol. The first kappa shape index (κ1) is 10.3. The summed E-state index contributed by atoms with van der Waals surface area (Å²) in [4.78, 5) is 24.1. The van der Waals surface area contributed by atoms with Gasteiger partial charge in [0.05, 0.1) is 0 Å². The summed E-state index contributed by atoms with van der Waals surface area (Å²) in [6, 6.07) is 2.34. The number of halogens is 1. The first-order valence-corrected chi connectivity index (χ1v) is 4.50. The topological polar surface area (TPSA) is 76.9 Å². The van der Waals surface area contributed by atoms with Crippen LogP contribution in [0.25, 0.3) is 11.0 Å². The number of nitrogens with zero attached hydrogens (tertiary/aromatic N) is 1. The number of aromatic nitrogens is 2. The molecule has 0 saturated carbocycles. The zero-order valence-electron chi connectivity index (χ0n) is 8.07. The van der Waals surface area contributed by atoms with Crippen molar-refractivity contribution in [1.82, 2.24) is 4.98 Å². The van der Waals surface area contributed by atoms with Gasteiger partial charge in [0, 0.05) is 24.1 Å². The Bertz CT molecular complexity index is 621. The number of hydrogen-bond donors (Lipinski definition) is 1. The molecule has 82 valence electrons. The quantitative estimate of drug-likeness (QED) is 0.443. The molecule has 0 spiro atoms. The second-order valence-electron chi connectivity index (χ2n) is 3.28. The van der Waals surface area contributed by atoms with Crippen LogP contribution in [0, 0.1) is 11.0 Å². The zero-order valence-corrected chi connectivity index (χ0v) is 8.07. The molecule has 0 radical (unpaired) electrons. The lowest BCUT2D eigenvalue weighted by Gasteiger charge is -2.02. The molecule has 0 aliphatic heterocycles. The highest BCUT2D eigenvalue weighted by molar-refractivity contribution is 5.72. The summed E-state index contributed by atoms with van der Waals surface area (Å²) in [6.07, 6.45) is 1.24. The van der Waals surface area contributed by atoms with Crippen molar-refractivity contribution in [2.45, 2.75) is 6.42 Å². The molecule has 0 aliphatic rings. The van der Waals surface area contributed by atoms with Gasteiger partial charge in [0.2, 0.25) is 11.7 Å². The highest BCUT2D eigenvalue weighted by Crippen LogP contribution is 2.07. The van der Waals surface area contributed by atoms with E-state index in [1.165, 1.54) is 6.07 Å². The van der Waals surface area contributed by atoms with Gasteiger partial charge in [-0.05, 0) is 0 Å². The summed E-state index contributed by atoms with van der Waals surface area (Å²) in [5.74, 6) is -0.735. The lowest BCUT2D eigenvalue weighted by Crippen LogP contribution is -2.29. The molecule has 0 amide bonds. The molecular formula is C10H7FN2O3. The van der Waals surface area contributed by atoms with Crippen molar-refractivity contribution in [2.75, 3.05) is 0 Å². The van der Waals surface area contributed by atoms with Crippen LogP contribution in [0.3, 0.4) is 0 Å². The molecule has 2 aromatic heterocycles. The number of fused-ring (bicyclic) bond motifs is 1. The number of pyridine rings is 2. The Kier molecular flexibility index (Phi) is 2.40. The Balaban J connectivity index is 2.79. The largest absolute Gasteiger partial charge is 0.618 e. The van der Waals surface area contributed by atoms with Gasteiger partial charge in [0.25, 0.3) is 5.56 Å². The third-order valence-corrected chi connectivity index (χ3v) is 2.19. The molecule has 6 heteroatoms. The average molecular weight is 222 g/mol. The van der Waals surface area contributed by atoms with E-state index >= 15 is 0 Å². The summed E-state index contributed by atoms with van der Waals surface area (Å²) in [5.41, 5.74) is -0.0867. The first-order chi connectivity index (χ1) is 7.61. The molecule has 5 nitrogen and oxygen atoms in total. The van der Waals surface area contributed by atoms with Crippen LogP contribution >= 0.6 is 0 Å². The molecule has 0 bridgehead atoms. The maximum Gasteiger partial charge on any atom is 0.252 e. The van der Waals surface area contributed by atoms with Gasteiger partial charge in [-0.3, -0.25) is 4.79 Å². The minimum atomic E-state index is -0.735. The van der Waals surface area contributed by atoms with Crippen molar-refractivity contribution in [1.29, 1.82) is 0 Å². The van der Waals surface area contributed by atoms with Crippen LogP contribution in [0.15, 0.2) is 23.1 Å². The Morgan fingerprint density at radius 1 is 1.50 bits per heavy atom. The second kappa shape index (κ2) is 3.73. The van der Waals surface area contributed by atoms with Crippen molar-refractivity contribution in [2.24, 2.45) is 0 Å². The maximum absolute atomic E-state index is 12.9. The van der Waals surface area contributed by atoms with E-state index < -0.39 is 11.4 Å². The van der Waals surface area contributed by atoms with Crippen LogP contribution in [0.2, 0.25) is 0 Å². The molecule has 2 heterocycles. The molecule has 16 heavy (non-hydrogen) atoms. The summed E-state index contributed by atoms with van der Waals surface area (Å²) in [5, 5.41) is 11.3. The van der Waals surface area contributed by atoms with Crippen LogP contribution < -0.4 is 10.3 Å². The van der Waals surface area contributed by atoms with Crippen molar-refractivity contribution < 1.29 is 13.9 Å². The number of H-pyrrole nitrogens is 1. The number of rotatable bonds is 2. The van der Waals surface area contributed by atoms with E-state index in [4.69, 9.17) is 0 Å². The van der Waals surface area contributed by atoms with Gasteiger partial charge in [0.15, 0.2) is 5.82 Å². The van der Waals surface area contributed by atoms with Crippen LogP contribution in [0.4, 0.5) is 4.39 Å². The van der Waals surface area contributed by atoms with Gasteiger partial charge in [-0.1, -0.05) is 0 Å². The summed E-state index contributed by atoms with van der Waals surface area (Å²) >= 11 is 0. The average Bonchev–Trinajstić information content (AvgIpc) is 2.20. The zero-order chi connectivity index (χ0) is 11.7. The number of hydrogen-bond acceptors (Lipinski definition) is 3. The summed E-state index contributed by atoms with van der Waals surface area (Å²) in [6.45, 7) is 0. The van der Waals surface area contributed by atoms with Crippen molar-refractivity contribution >= 4 is 17.3 Å². The third-order valence-electron chi connectivity index (χ3n) is 2.19. The predicted octanol–water partition coefficient (Wildman–Crippen LogP) is 0.0420. The molecule has 2 rings (SSSR count). The number of nitrogens with one attached hydrogen (secondary N) is 1. The van der Waals surface area contributed by atoms with Crippen molar-refractivity contribution in [3.63, 3.8) is 0 Å². The Morgan fingerprint density at radius 2 is 2.25 bits per heavy atom. The fourth-order valence-electron chi connectivity index (χ4n) is 1.47.